The van der Waals surface area contributed by atoms with Gasteiger partial charge in [0, 0.05) is 0 Å². The summed E-state index contributed by atoms with van der Waals surface area (Å²) in [7, 11) is 0. The van der Waals surface area contributed by atoms with Crippen molar-refractivity contribution in [1.82, 2.24) is 0 Å². The van der Waals surface area contributed by atoms with E-state index in [0.717, 1.165) is 12.2 Å². The van der Waals surface area contributed by atoms with E-state index in [0.29, 0.717) is 13.2 Å². The molecule has 0 aromatic heterocycles. The van der Waals surface area contributed by atoms with Gasteiger partial charge in [0.15, 0.2) is 0 Å². The van der Waals surface area contributed by atoms with E-state index in [2.05, 4.69) is 25.1 Å². The van der Waals surface area contributed by atoms with E-state index in [9.17, 15) is 0 Å². The van der Waals surface area contributed by atoms with Gasteiger partial charge in [-0.1, -0.05) is 44.4 Å². The molecule has 0 unspecified atom stereocenters. The highest BCUT2D eigenvalue weighted by Crippen LogP contribution is 2.20. The van der Waals surface area contributed by atoms with Crippen LogP contribution in [0, 0.1) is 0 Å². The Hall–Kier alpha value is -1.02. The number of benzene rings is 1. The van der Waals surface area contributed by atoms with Crippen LogP contribution in [0.1, 0.15) is 52.0 Å². The second kappa shape index (κ2) is 9.85. The second-order valence-corrected chi connectivity index (χ2v) is 5.19. The molecule has 2 nitrogen and oxygen atoms in total. The lowest BCUT2D eigenvalue weighted by atomic mass is 10.1. The van der Waals surface area contributed by atoms with Crippen LogP contribution in [0.3, 0.4) is 0 Å². The normalized spacial score (nSPS) is 10.9. The number of aryl methyl sites for hydroxylation is 1. The molecular weight excluding hydrogens is 236 g/mol. The number of unbranched alkanes of at least 4 members (excludes halogenated alkanes) is 3. The van der Waals surface area contributed by atoms with Gasteiger partial charge >= 0.3 is 0 Å². The Kier molecular flexibility index (Phi) is 8.31. The molecule has 1 rings (SSSR count). The highest BCUT2D eigenvalue weighted by atomic mass is 16.5. The van der Waals surface area contributed by atoms with E-state index in [-0.39, 0.29) is 6.10 Å². The fourth-order valence-corrected chi connectivity index (χ4v) is 2.03. The second-order valence-electron chi connectivity index (χ2n) is 5.19. The van der Waals surface area contributed by atoms with Crippen LogP contribution in [-0.2, 0) is 11.2 Å². The van der Waals surface area contributed by atoms with Crippen LogP contribution in [0.2, 0.25) is 0 Å². The Morgan fingerprint density at radius 1 is 1.00 bits per heavy atom. The molecule has 0 bridgehead atoms. The Balaban J connectivity index is 2.35. The van der Waals surface area contributed by atoms with Crippen LogP contribution < -0.4 is 4.74 Å². The number of hydrogen-bond donors (Lipinski definition) is 0. The van der Waals surface area contributed by atoms with Crippen molar-refractivity contribution in [3.05, 3.63) is 29.8 Å². The Bertz CT molecular complexity index is 334. The van der Waals surface area contributed by atoms with Crippen molar-refractivity contribution in [3.8, 4) is 5.75 Å². The summed E-state index contributed by atoms with van der Waals surface area (Å²) >= 11 is 0. The molecule has 0 spiro atoms. The average Bonchev–Trinajstić information content (AvgIpc) is 2.41. The molecular formula is C17H28O2. The minimum atomic E-state index is 0.271. The molecule has 0 N–H and O–H groups in total. The fraction of sp³-hybridized carbons (Fsp3) is 0.647. The van der Waals surface area contributed by atoms with E-state index in [1.807, 2.05) is 19.9 Å². The molecule has 0 aliphatic heterocycles. The zero-order chi connectivity index (χ0) is 13.9. The van der Waals surface area contributed by atoms with Gasteiger partial charge in [-0.2, -0.15) is 0 Å². The zero-order valence-corrected chi connectivity index (χ0v) is 12.7. The van der Waals surface area contributed by atoms with Crippen LogP contribution in [0.4, 0.5) is 0 Å². The highest BCUT2D eigenvalue weighted by Gasteiger charge is 2.03. The minimum absolute atomic E-state index is 0.271. The first-order chi connectivity index (χ1) is 9.24. The third kappa shape index (κ3) is 7.22. The predicted molar refractivity (Wildman–Crippen MR) is 80.9 cm³/mol. The van der Waals surface area contributed by atoms with Crippen LogP contribution in [-0.4, -0.2) is 19.3 Å². The standard InChI is InChI=1S/C17H28O2/c1-4-5-6-7-10-16-11-8-9-12-17(16)19-14-13-18-15(2)3/h8-9,11-12,15H,4-7,10,13-14H2,1-3H3. The summed E-state index contributed by atoms with van der Waals surface area (Å²) in [6, 6.07) is 8.36. The van der Waals surface area contributed by atoms with Gasteiger partial charge in [0.2, 0.25) is 0 Å². The zero-order valence-electron chi connectivity index (χ0n) is 12.7. The van der Waals surface area contributed by atoms with Gasteiger partial charge in [0.1, 0.15) is 12.4 Å². The Morgan fingerprint density at radius 2 is 1.79 bits per heavy atom. The lowest BCUT2D eigenvalue weighted by Gasteiger charge is -2.12. The third-order valence-electron chi connectivity index (χ3n) is 3.06. The van der Waals surface area contributed by atoms with Crippen LogP contribution in [0.15, 0.2) is 24.3 Å². The number of ether oxygens (including phenoxy) is 2. The SMILES string of the molecule is CCCCCCc1ccccc1OCCOC(C)C. The largest absolute Gasteiger partial charge is 0.491 e. The van der Waals surface area contributed by atoms with Gasteiger partial charge in [0.25, 0.3) is 0 Å². The Morgan fingerprint density at radius 3 is 2.53 bits per heavy atom. The van der Waals surface area contributed by atoms with Gasteiger partial charge in [-0.25, -0.2) is 0 Å². The summed E-state index contributed by atoms with van der Waals surface area (Å²) in [4.78, 5) is 0. The van der Waals surface area contributed by atoms with Crippen LogP contribution in [0.5, 0.6) is 5.75 Å². The molecule has 0 saturated heterocycles. The lowest BCUT2D eigenvalue weighted by Crippen LogP contribution is -2.11. The molecule has 19 heavy (non-hydrogen) atoms. The molecule has 0 heterocycles. The van der Waals surface area contributed by atoms with E-state index >= 15 is 0 Å². The van der Waals surface area contributed by atoms with Crippen molar-refractivity contribution >= 4 is 0 Å². The molecule has 0 aliphatic carbocycles. The van der Waals surface area contributed by atoms with Crippen LogP contribution >= 0.6 is 0 Å². The highest BCUT2D eigenvalue weighted by molar-refractivity contribution is 5.33. The summed E-state index contributed by atoms with van der Waals surface area (Å²) in [6.07, 6.45) is 6.54. The summed E-state index contributed by atoms with van der Waals surface area (Å²) in [5.41, 5.74) is 1.32. The van der Waals surface area contributed by atoms with Gasteiger partial charge < -0.3 is 9.47 Å². The maximum atomic E-state index is 5.82. The molecule has 0 aliphatic rings. The molecule has 0 fully saturated rings. The maximum absolute atomic E-state index is 5.82. The minimum Gasteiger partial charge on any atom is -0.491 e. The molecule has 0 amide bonds. The van der Waals surface area contributed by atoms with Crippen molar-refractivity contribution < 1.29 is 9.47 Å². The summed E-state index contributed by atoms with van der Waals surface area (Å²) < 4.78 is 11.3. The van der Waals surface area contributed by atoms with Gasteiger partial charge in [-0.05, 0) is 38.3 Å². The van der Waals surface area contributed by atoms with Gasteiger partial charge in [-0.15, -0.1) is 0 Å². The first-order valence-electron chi connectivity index (χ1n) is 7.56. The fourth-order valence-electron chi connectivity index (χ4n) is 2.03. The summed E-state index contributed by atoms with van der Waals surface area (Å²) in [5, 5.41) is 0. The first kappa shape index (κ1) is 16.0. The van der Waals surface area contributed by atoms with E-state index in [4.69, 9.17) is 9.47 Å². The van der Waals surface area contributed by atoms with Crippen molar-refractivity contribution in [1.29, 1.82) is 0 Å². The molecule has 0 radical (unpaired) electrons. The maximum Gasteiger partial charge on any atom is 0.122 e. The lowest BCUT2D eigenvalue weighted by molar-refractivity contribution is 0.0550. The number of rotatable bonds is 10. The molecule has 1 aromatic rings. The third-order valence-corrected chi connectivity index (χ3v) is 3.06. The van der Waals surface area contributed by atoms with E-state index in [1.165, 1.54) is 31.2 Å². The predicted octanol–water partition coefficient (Wildman–Crippen LogP) is 4.61. The monoisotopic (exact) mass is 264 g/mol. The van der Waals surface area contributed by atoms with Crippen molar-refractivity contribution in [2.75, 3.05) is 13.2 Å². The molecule has 2 heteroatoms. The Labute approximate surface area is 118 Å². The van der Waals surface area contributed by atoms with Gasteiger partial charge in [0.05, 0.1) is 12.7 Å². The molecule has 1 aromatic carbocycles. The van der Waals surface area contributed by atoms with Gasteiger partial charge in [-0.3, -0.25) is 0 Å². The topological polar surface area (TPSA) is 18.5 Å². The first-order valence-corrected chi connectivity index (χ1v) is 7.56. The molecule has 0 saturated carbocycles. The summed E-state index contributed by atoms with van der Waals surface area (Å²) in [6.45, 7) is 7.61. The van der Waals surface area contributed by atoms with E-state index < -0.39 is 0 Å². The average molecular weight is 264 g/mol. The van der Waals surface area contributed by atoms with Crippen molar-refractivity contribution in [2.45, 2.75) is 59.0 Å². The summed E-state index contributed by atoms with van der Waals surface area (Å²) in [5.74, 6) is 1.02. The van der Waals surface area contributed by atoms with E-state index in [1.54, 1.807) is 0 Å². The molecule has 108 valence electrons. The molecule has 0 atom stereocenters. The van der Waals surface area contributed by atoms with Crippen LogP contribution in [0.25, 0.3) is 0 Å². The number of hydrogen-bond acceptors (Lipinski definition) is 2. The number of para-hydroxylation sites is 1. The van der Waals surface area contributed by atoms with Crippen molar-refractivity contribution in [2.24, 2.45) is 0 Å². The quantitative estimate of drug-likeness (QED) is 0.574. The smallest absolute Gasteiger partial charge is 0.122 e. The van der Waals surface area contributed by atoms with Crippen molar-refractivity contribution in [3.63, 3.8) is 0 Å².